The van der Waals surface area contributed by atoms with Crippen LogP contribution in [0.5, 0.6) is 5.75 Å². The Morgan fingerprint density at radius 1 is 0.784 bits per heavy atom. The first kappa shape index (κ1) is 51.9. The number of ether oxygens (including phenoxy) is 7. The van der Waals surface area contributed by atoms with E-state index in [1.54, 1.807) is 61.7 Å². The van der Waals surface area contributed by atoms with Gasteiger partial charge in [-0.3, -0.25) is 38.2 Å². The van der Waals surface area contributed by atoms with Crippen LogP contribution in [0.1, 0.15) is 42.8 Å². The van der Waals surface area contributed by atoms with E-state index in [9.17, 15) is 18.9 Å². The lowest BCUT2D eigenvalue weighted by atomic mass is 9.80. The number of halogens is 1. The molecule has 2 fully saturated rings. The van der Waals surface area contributed by atoms with Gasteiger partial charge in [0, 0.05) is 25.2 Å². The lowest BCUT2D eigenvalue weighted by Gasteiger charge is -2.37. The number of fused-ring (bicyclic) bond motifs is 1. The number of carbonyl (C=O) groups is 2. The zero-order valence-electron chi connectivity index (χ0n) is 40.6. The lowest BCUT2D eigenvalue weighted by molar-refractivity contribution is -0.165. The van der Waals surface area contributed by atoms with E-state index in [-0.39, 0.29) is 35.7 Å². The van der Waals surface area contributed by atoms with Crippen molar-refractivity contribution in [3.05, 3.63) is 196 Å². The van der Waals surface area contributed by atoms with Gasteiger partial charge in [0.1, 0.15) is 36.0 Å². The van der Waals surface area contributed by atoms with Crippen molar-refractivity contribution in [2.75, 3.05) is 43.7 Å². The lowest BCUT2D eigenvalue weighted by Crippen LogP contribution is -2.41. The highest BCUT2D eigenvalue weighted by atomic mass is 79.9. The second kappa shape index (κ2) is 23.1. The molecule has 74 heavy (non-hydrogen) atoms. The van der Waals surface area contributed by atoms with Gasteiger partial charge >= 0.3 is 19.6 Å². The molecule has 20 heteroatoms. The van der Waals surface area contributed by atoms with Crippen molar-refractivity contribution in [1.82, 2.24) is 19.1 Å². The number of hydrogen-bond acceptors (Lipinski definition) is 14. The molecule has 2 aliphatic heterocycles. The molecule has 2 saturated heterocycles. The minimum absolute atomic E-state index is 0.0315. The maximum absolute atomic E-state index is 14.8. The molecule has 7 aromatic rings. The summed E-state index contributed by atoms with van der Waals surface area (Å²) in [7, 11) is -2.38. The second-order valence-electron chi connectivity index (χ2n) is 17.4. The number of nitrogens with zero attached hydrogens (tertiary/aromatic N) is 4. The molecule has 2 aliphatic rings. The van der Waals surface area contributed by atoms with Gasteiger partial charge in [-0.05, 0) is 69.0 Å². The number of imidazole rings is 1. The fourth-order valence-electron chi connectivity index (χ4n) is 9.32. The Bertz CT molecular complexity index is 3070. The average molecular weight is 1090 g/mol. The number of methoxy groups -OCH3 is 1. The van der Waals surface area contributed by atoms with E-state index in [0.29, 0.717) is 17.1 Å². The van der Waals surface area contributed by atoms with Gasteiger partial charge in [0.05, 0.1) is 39.6 Å². The normalized spacial score (nSPS) is 20.7. The Labute approximate surface area is 435 Å². The molecule has 18 nitrogen and oxygen atoms in total. The number of anilines is 2. The summed E-state index contributed by atoms with van der Waals surface area (Å²) in [5.74, 6) is -0.749. The summed E-state index contributed by atoms with van der Waals surface area (Å²) in [6, 6.07) is 44.4. The topological polar surface area (TPSA) is 202 Å². The number of rotatable bonds is 21. The van der Waals surface area contributed by atoms with Crippen molar-refractivity contribution >= 4 is 58.1 Å². The molecule has 5 aromatic carbocycles. The molecule has 2 aromatic heterocycles. The SMILES string of the molecule is C=CCO[C@@H]1[C@H](n2cnc3c(nc(Br)n3[C@@H]3O[C@H](COP(=O)(Nc4ccccc4)Nc4ccccc4)[C@@H](OC(C)=O)[C@H]3OC(C)=O)c2=O)CO[C@@H]1COC(c1ccccc1)(c1ccccc1)c1ccc(OC)cc1. The van der Waals surface area contributed by atoms with Gasteiger partial charge in [-0.25, -0.2) is 14.5 Å². The number of carbonyl (C=O) groups excluding carboxylic acids is 2. The van der Waals surface area contributed by atoms with Crippen LogP contribution >= 0.6 is 23.6 Å². The Hall–Kier alpha value is -6.96. The number of esters is 2. The van der Waals surface area contributed by atoms with Gasteiger partial charge in [0.15, 0.2) is 34.3 Å². The van der Waals surface area contributed by atoms with Crippen molar-refractivity contribution in [1.29, 1.82) is 0 Å². The first-order valence-electron chi connectivity index (χ1n) is 23.7. The number of benzene rings is 5. The second-order valence-corrected chi connectivity index (χ2v) is 19.9. The Kier molecular flexibility index (Phi) is 16.2. The molecule has 0 unspecified atom stereocenters. The van der Waals surface area contributed by atoms with E-state index < -0.39 is 80.2 Å². The predicted molar refractivity (Wildman–Crippen MR) is 279 cm³/mol. The summed E-state index contributed by atoms with van der Waals surface area (Å²) in [5.41, 5.74) is 1.90. The van der Waals surface area contributed by atoms with Gasteiger partial charge in [-0.1, -0.05) is 115 Å². The van der Waals surface area contributed by atoms with Crippen molar-refractivity contribution in [3.63, 3.8) is 0 Å². The summed E-state index contributed by atoms with van der Waals surface area (Å²) < 4.78 is 67.4. The molecule has 9 rings (SSSR count). The third-order valence-corrected chi connectivity index (χ3v) is 14.7. The van der Waals surface area contributed by atoms with Crippen molar-refractivity contribution < 1.29 is 51.8 Å². The predicted octanol–water partition coefficient (Wildman–Crippen LogP) is 8.99. The maximum Gasteiger partial charge on any atom is 0.391 e. The van der Waals surface area contributed by atoms with Gasteiger partial charge in [0.25, 0.3) is 5.56 Å². The summed E-state index contributed by atoms with van der Waals surface area (Å²) in [6.07, 6.45) is -3.56. The molecular formula is C54H54BrN6O12P. The fraction of sp³-hybridized carbons (Fsp3) is 0.278. The van der Waals surface area contributed by atoms with Crippen LogP contribution in [0, 0.1) is 0 Å². The van der Waals surface area contributed by atoms with E-state index in [0.717, 1.165) is 16.7 Å². The number of hydrogen-bond donors (Lipinski definition) is 2. The van der Waals surface area contributed by atoms with Crippen LogP contribution in [0.4, 0.5) is 11.4 Å². The van der Waals surface area contributed by atoms with Gasteiger partial charge < -0.3 is 33.2 Å². The van der Waals surface area contributed by atoms with Gasteiger partial charge in [-0.15, -0.1) is 6.58 Å². The molecule has 4 heterocycles. The highest BCUT2D eigenvalue weighted by Gasteiger charge is 2.52. The van der Waals surface area contributed by atoms with Crippen molar-refractivity contribution in [2.24, 2.45) is 0 Å². The Morgan fingerprint density at radius 3 is 1.89 bits per heavy atom. The van der Waals surface area contributed by atoms with Crippen LogP contribution < -0.4 is 20.5 Å². The molecule has 0 radical (unpaired) electrons. The monoisotopic (exact) mass is 1090 g/mol. The minimum Gasteiger partial charge on any atom is -0.497 e. The molecule has 0 bridgehead atoms. The van der Waals surface area contributed by atoms with Crippen LogP contribution in [0.2, 0.25) is 0 Å². The zero-order valence-corrected chi connectivity index (χ0v) is 43.1. The summed E-state index contributed by atoms with van der Waals surface area (Å²) in [4.78, 5) is 49.6. The van der Waals surface area contributed by atoms with Gasteiger partial charge in [-0.2, -0.15) is 0 Å². The Balaban J connectivity index is 1.02. The molecule has 0 spiro atoms. The largest absolute Gasteiger partial charge is 0.497 e. The van der Waals surface area contributed by atoms with Crippen molar-refractivity contribution in [3.8, 4) is 5.75 Å². The molecule has 0 amide bonds. The van der Waals surface area contributed by atoms with E-state index in [4.69, 9.17) is 42.7 Å². The zero-order chi connectivity index (χ0) is 51.8. The first-order valence-corrected chi connectivity index (χ1v) is 26.1. The van der Waals surface area contributed by atoms with Crippen LogP contribution in [0.15, 0.2) is 174 Å². The number of para-hydroxylation sites is 2. The maximum atomic E-state index is 14.8. The molecular weight excluding hydrogens is 1040 g/mol. The van der Waals surface area contributed by atoms with Crippen LogP contribution in [-0.4, -0.2) is 95.1 Å². The van der Waals surface area contributed by atoms with Gasteiger partial charge in [0.2, 0.25) is 0 Å². The standard InChI is InChI=1S/C54H54BrN6O12P/c1-5-30-67-47-43(31-68-44(47)32-69-54(37-18-10-6-11-19-37,38-20-12-7-13-21-38)39-26-28-42(66-4)29-27-39)60-34-56-50-46(51(60)64)57-53(55)61(50)52-49(72-36(3)63)48(71-35(2)62)45(73-52)33-70-74(65,58-40-22-14-8-15-23-40)59-41-24-16-9-17-25-41/h5-29,34,43-45,47-49,52H,1,30-33H2,2-4H3,(H2,58,59,65)/t43-,44-,45-,47-,48-,49-,52-/m1/s1. The van der Waals surface area contributed by atoms with E-state index >= 15 is 0 Å². The summed E-state index contributed by atoms with van der Waals surface area (Å²) >= 11 is 3.51. The average Bonchev–Trinajstić information content (AvgIpc) is 4.08. The smallest absolute Gasteiger partial charge is 0.391 e. The van der Waals surface area contributed by atoms with E-state index in [2.05, 4.69) is 37.7 Å². The third kappa shape index (κ3) is 11.1. The minimum atomic E-state index is -4.00. The van der Waals surface area contributed by atoms with Crippen molar-refractivity contribution in [2.45, 2.75) is 62.2 Å². The highest BCUT2D eigenvalue weighted by molar-refractivity contribution is 9.10. The third-order valence-electron chi connectivity index (χ3n) is 12.6. The fourth-order valence-corrected chi connectivity index (χ4v) is 11.4. The molecule has 0 saturated carbocycles. The summed E-state index contributed by atoms with van der Waals surface area (Å²) in [6.45, 7) is 6.04. The quantitative estimate of drug-likeness (QED) is 0.0227. The molecule has 0 aliphatic carbocycles. The number of nitrogens with one attached hydrogen (secondary N) is 2. The Morgan fingerprint density at radius 2 is 1.34 bits per heavy atom. The van der Waals surface area contributed by atoms with E-state index in [1.165, 1.54) is 29.3 Å². The highest BCUT2D eigenvalue weighted by Crippen LogP contribution is 2.49. The van der Waals surface area contributed by atoms with Crippen LogP contribution in [0.25, 0.3) is 11.2 Å². The number of aromatic nitrogens is 4. The van der Waals surface area contributed by atoms with Crippen LogP contribution in [-0.2, 0) is 52.7 Å². The van der Waals surface area contributed by atoms with E-state index in [1.807, 2.05) is 97.1 Å². The van der Waals surface area contributed by atoms with Crippen LogP contribution in [0.3, 0.4) is 0 Å². The first-order chi connectivity index (χ1) is 35.9. The molecule has 2 N–H and O–H groups in total. The summed E-state index contributed by atoms with van der Waals surface area (Å²) in [5, 5.41) is 5.92. The molecule has 384 valence electrons. The molecule has 7 atom stereocenters.